The van der Waals surface area contributed by atoms with Crippen molar-refractivity contribution in [2.75, 3.05) is 12.4 Å². The largest absolute Gasteiger partial charge is 0.372 e. The summed E-state index contributed by atoms with van der Waals surface area (Å²) < 4.78 is 0. The molecule has 0 aromatic carbocycles. The van der Waals surface area contributed by atoms with E-state index in [1.54, 1.807) is 11.3 Å². The third kappa shape index (κ3) is 2.53. The van der Waals surface area contributed by atoms with Gasteiger partial charge in [-0.15, -0.1) is 11.3 Å². The lowest BCUT2D eigenvalue weighted by Crippen LogP contribution is -2.19. The van der Waals surface area contributed by atoms with Crippen molar-refractivity contribution in [2.45, 2.75) is 45.4 Å². The molecule has 1 aliphatic carbocycles. The molecule has 0 spiro atoms. The fourth-order valence-electron chi connectivity index (χ4n) is 3.29. The predicted molar refractivity (Wildman–Crippen MR) is 86.5 cm³/mol. The molecule has 108 valence electrons. The second-order valence-electron chi connectivity index (χ2n) is 6.18. The second kappa shape index (κ2) is 5.68. The lowest BCUT2D eigenvalue weighted by Gasteiger charge is -2.30. The first-order chi connectivity index (χ1) is 9.69. The maximum Gasteiger partial charge on any atom is 0.138 e. The van der Waals surface area contributed by atoms with Crippen LogP contribution in [0.3, 0.4) is 0 Å². The summed E-state index contributed by atoms with van der Waals surface area (Å²) in [6, 6.07) is 2.10. The van der Waals surface area contributed by atoms with Crippen LogP contribution in [0, 0.1) is 11.8 Å². The van der Waals surface area contributed by atoms with Crippen LogP contribution in [0.2, 0.25) is 0 Å². The SMILES string of the molecule is CNc1nc(C2CCC(C(C)C)CC2)nc2sccc12. The Balaban J connectivity index is 1.84. The number of rotatable bonds is 3. The van der Waals surface area contributed by atoms with Crippen molar-refractivity contribution in [1.29, 1.82) is 0 Å². The third-order valence-corrected chi connectivity index (χ3v) is 5.47. The van der Waals surface area contributed by atoms with E-state index >= 15 is 0 Å². The molecular formula is C16H23N3S. The molecule has 1 N–H and O–H groups in total. The van der Waals surface area contributed by atoms with Gasteiger partial charge in [0.25, 0.3) is 0 Å². The van der Waals surface area contributed by atoms with Crippen LogP contribution in [0.1, 0.15) is 51.3 Å². The van der Waals surface area contributed by atoms with Gasteiger partial charge in [-0.05, 0) is 49.0 Å². The molecule has 3 rings (SSSR count). The van der Waals surface area contributed by atoms with Crippen LogP contribution in [0.5, 0.6) is 0 Å². The zero-order valence-corrected chi connectivity index (χ0v) is 13.3. The summed E-state index contributed by atoms with van der Waals surface area (Å²) in [7, 11) is 1.94. The highest BCUT2D eigenvalue weighted by Crippen LogP contribution is 2.38. The summed E-state index contributed by atoms with van der Waals surface area (Å²) in [5.74, 6) is 4.28. The number of aromatic nitrogens is 2. The minimum atomic E-state index is 0.545. The summed E-state index contributed by atoms with van der Waals surface area (Å²) in [6.07, 6.45) is 5.12. The highest BCUT2D eigenvalue weighted by molar-refractivity contribution is 7.16. The smallest absolute Gasteiger partial charge is 0.138 e. The zero-order valence-electron chi connectivity index (χ0n) is 12.5. The van der Waals surface area contributed by atoms with Gasteiger partial charge in [0.2, 0.25) is 0 Å². The molecule has 2 aromatic rings. The quantitative estimate of drug-likeness (QED) is 0.892. The van der Waals surface area contributed by atoms with Crippen molar-refractivity contribution >= 4 is 27.4 Å². The standard InChI is InChI=1S/C16H23N3S/c1-10(2)11-4-6-12(7-5-11)14-18-15(17-3)13-8-9-20-16(13)19-14/h8-12H,4-7H2,1-3H3,(H,17,18,19). The molecule has 0 aliphatic heterocycles. The summed E-state index contributed by atoms with van der Waals surface area (Å²) in [5.41, 5.74) is 0. The third-order valence-electron chi connectivity index (χ3n) is 4.66. The van der Waals surface area contributed by atoms with Crippen LogP contribution < -0.4 is 5.32 Å². The average molecular weight is 289 g/mol. The Hall–Kier alpha value is -1.16. The molecule has 1 saturated carbocycles. The fourth-order valence-corrected chi connectivity index (χ4v) is 4.06. The van der Waals surface area contributed by atoms with Gasteiger partial charge in [0, 0.05) is 13.0 Å². The van der Waals surface area contributed by atoms with Crippen LogP contribution >= 0.6 is 11.3 Å². The van der Waals surface area contributed by atoms with Gasteiger partial charge in [-0.25, -0.2) is 9.97 Å². The first-order valence-electron chi connectivity index (χ1n) is 7.62. The van der Waals surface area contributed by atoms with Crippen molar-refractivity contribution < 1.29 is 0 Å². The maximum absolute atomic E-state index is 4.80. The van der Waals surface area contributed by atoms with E-state index in [0.29, 0.717) is 5.92 Å². The van der Waals surface area contributed by atoms with Crippen LogP contribution in [0.25, 0.3) is 10.2 Å². The molecule has 20 heavy (non-hydrogen) atoms. The van der Waals surface area contributed by atoms with Crippen molar-refractivity contribution in [3.05, 3.63) is 17.3 Å². The molecule has 0 saturated heterocycles. The number of nitrogens with one attached hydrogen (secondary N) is 1. The minimum absolute atomic E-state index is 0.545. The number of thiophene rings is 1. The van der Waals surface area contributed by atoms with Crippen LogP contribution in [-0.2, 0) is 0 Å². The van der Waals surface area contributed by atoms with E-state index in [9.17, 15) is 0 Å². The highest BCUT2D eigenvalue weighted by atomic mass is 32.1. The van der Waals surface area contributed by atoms with E-state index in [4.69, 9.17) is 9.97 Å². The number of fused-ring (bicyclic) bond motifs is 1. The molecule has 1 fully saturated rings. The van der Waals surface area contributed by atoms with Crippen LogP contribution in [0.15, 0.2) is 11.4 Å². The minimum Gasteiger partial charge on any atom is -0.372 e. The molecular weight excluding hydrogens is 266 g/mol. The van der Waals surface area contributed by atoms with E-state index in [1.807, 2.05) is 7.05 Å². The predicted octanol–water partition coefficient (Wildman–Crippen LogP) is 4.66. The van der Waals surface area contributed by atoms with Crippen LogP contribution in [0.4, 0.5) is 5.82 Å². The fraction of sp³-hybridized carbons (Fsp3) is 0.625. The van der Waals surface area contributed by atoms with Crippen molar-refractivity contribution in [3.63, 3.8) is 0 Å². The van der Waals surface area contributed by atoms with Gasteiger partial charge < -0.3 is 5.32 Å². The number of hydrogen-bond acceptors (Lipinski definition) is 4. The maximum atomic E-state index is 4.80. The number of anilines is 1. The second-order valence-corrected chi connectivity index (χ2v) is 7.07. The van der Waals surface area contributed by atoms with Gasteiger partial charge in [-0.1, -0.05) is 13.8 Å². The Morgan fingerprint density at radius 2 is 1.95 bits per heavy atom. The van der Waals surface area contributed by atoms with Gasteiger partial charge in [-0.3, -0.25) is 0 Å². The van der Waals surface area contributed by atoms with Gasteiger partial charge in [0.1, 0.15) is 16.5 Å². The summed E-state index contributed by atoms with van der Waals surface area (Å²) in [6.45, 7) is 4.69. The molecule has 0 atom stereocenters. The van der Waals surface area contributed by atoms with E-state index < -0.39 is 0 Å². The first-order valence-corrected chi connectivity index (χ1v) is 8.50. The van der Waals surface area contributed by atoms with Gasteiger partial charge in [0.15, 0.2) is 0 Å². The van der Waals surface area contributed by atoms with Crippen molar-refractivity contribution in [3.8, 4) is 0 Å². The first kappa shape index (κ1) is 13.8. The zero-order chi connectivity index (χ0) is 14.1. The Kier molecular flexibility index (Phi) is 3.92. The van der Waals surface area contributed by atoms with Crippen molar-refractivity contribution in [1.82, 2.24) is 9.97 Å². The van der Waals surface area contributed by atoms with E-state index in [-0.39, 0.29) is 0 Å². The van der Waals surface area contributed by atoms with Crippen LogP contribution in [-0.4, -0.2) is 17.0 Å². The van der Waals surface area contributed by atoms with Gasteiger partial charge in [-0.2, -0.15) is 0 Å². The van der Waals surface area contributed by atoms with Crippen molar-refractivity contribution in [2.24, 2.45) is 11.8 Å². The molecule has 0 amide bonds. The topological polar surface area (TPSA) is 37.8 Å². The molecule has 0 unspecified atom stereocenters. The van der Waals surface area contributed by atoms with E-state index in [0.717, 1.165) is 33.7 Å². The molecule has 0 radical (unpaired) electrons. The summed E-state index contributed by atoms with van der Waals surface area (Å²) >= 11 is 1.71. The normalized spacial score (nSPS) is 23.4. The van der Waals surface area contributed by atoms with E-state index in [2.05, 4.69) is 30.6 Å². The highest BCUT2D eigenvalue weighted by Gasteiger charge is 2.26. The number of nitrogens with zero attached hydrogens (tertiary/aromatic N) is 2. The molecule has 3 nitrogen and oxygen atoms in total. The molecule has 0 bridgehead atoms. The Morgan fingerprint density at radius 1 is 1.20 bits per heavy atom. The number of hydrogen-bond donors (Lipinski definition) is 1. The van der Waals surface area contributed by atoms with Gasteiger partial charge >= 0.3 is 0 Å². The Labute approximate surface area is 124 Å². The van der Waals surface area contributed by atoms with E-state index in [1.165, 1.54) is 25.7 Å². The Morgan fingerprint density at radius 3 is 2.60 bits per heavy atom. The monoisotopic (exact) mass is 289 g/mol. The van der Waals surface area contributed by atoms with Gasteiger partial charge in [0.05, 0.1) is 5.39 Å². The molecule has 1 aliphatic rings. The molecule has 2 heterocycles. The summed E-state index contributed by atoms with van der Waals surface area (Å²) in [5, 5.41) is 6.47. The molecule has 2 aromatic heterocycles. The lowest BCUT2D eigenvalue weighted by atomic mass is 9.77. The Bertz CT molecular complexity index is 582. The molecule has 4 heteroatoms. The average Bonchev–Trinajstić information content (AvgIpc) is 2.94. The summed E-state index contributed by atoms with van der Waals surface area (Å²) in [4.78, 5) is 10.7. The lowest BCUT2D eigenvalue weighted by molar-refractivity contribution is 0.255.